The Hall–Kier alpha value is -0.590. The Morgan fingerprint density at radius 1 is 1.18 bits per heavy atom. The molecule has 0 aliphatic heterocycles. The fourth-order valence-corrected chi connectivity index (χ4v) is 4.04. The molecule has 0 amide bonds. The zero-order valence-corrected chi connectivity index (χ0v) is 10.2. The van der Waals surface area contributed by atoms with Crippen LogP contribution in [0.3, 0.4) is 0 Å². The Morgan fingerprint density at radius 2 is 1.71 bits per heavy atom. The molecule has 0 aliphatic rings. The molecule has 0 spiro atoms. The summed E-state index contributed by atoms with van der Waals surface area (Å²) in [5, 5.41) is 9.09. The molecule has 0 aliphatic carbocycles. The molecule has 1 aromatic rings. The Morgan fingerprint density at radius 3 is 2.00 bits per heavy atom. The molecule has 0 unspecified atom stereocenters. The van der Waals surface area contributed by atoms with Gasteiger partial charge >= 0.3 is 15.2 Å². The second kappa shape index (κ2) is 4.59. The average molecular weight is 283 g/mol. The minimum atomic E-state index is -5.30. The molecule has 0 saturated heterocycles. The number of aliphatic hydroxyl groups is 1. The predicted molar refractivity (Wildman–Crippen MR) is 57.1 cm³/mol. The van der Waals surface area contributed by atoms with Crippen molar-refractivity contribution >= 4 is 15.2 Å². The normalized spacial score (nSPS) is 13.7. The van der Waals surface area contributed by atoms with E-state index in [0.717, 1.165) is 12.3 Å². The van der Waals surface area contributed by atoms with E-state index in [1.807, 2.05) is 0 Å². The van der Waals surface area contributed by atoms with E-state index >= 15 is 0 Å². The summed E-state index contributed by atoms with van der Waals surface area (Å²) in [6, 6.07) is 2.34. The number of nitrogens with zero attached hydrogens (tertiary/aromatic N) is 1. The van der Waals surface area contributed by atoms with Gasteiger partial charge in [0.1, 0.15) is 0 Å². The lowest BCUT2D eigenvalue weighted by Crippen LogP contribution is -2.30. The van der Waals surface area contributed by atoms with Crippen molar-refractivity contribution in [3.05, 3.63) is 30.1 Å². The predicted octanol–water partition coefficient (Wildman–Crippen LogP) is -0.418. The standard InChI is InChI=1S/C7H11NO7P2/c9-5-7(16(10,11)12,17(13,14)15)6-2-1-3-8-4-6/h1-4,9H,5H2,(H2,10,11,12)(H2,13,14,15). The van der Waals surface area contributed by atoms with Gasteiger partial charge in [0, 0.05) is 18.0 Å². The lowest BCUT2D eigenvalue weighted by molar-refractivity contribution is 0.222. The number of hydrogen-bond donors (Lipinski definition) is 5. The smallest absolute Gasteiger partial charge is 0.350 e. The van der Waals surface area contributed by atoms with Gasteiger partial charge in [0.2, 0.25) is 4.90 Å². The maximum Gasteiger partial charge on any atom is 0.350 e. The zero-order chi connectivity index (χ0) is 13.3. The van der Waals surface area contributed by atoms with E-state index in [4.69, 9.17) is 24.7 Å². The summed E-state index contributed by atoms with van der Waals surface area (Å²) in [7, 11) is -10.6. The van der Waals surface area contributed by atoms with Crippen LogP contribution in [0.1, 0.15) is 5.56 Å². The topological polar surface area (TPSA) is 148 Å². The zero-order valence-electron chi connectivity index (χ0n) is 8.41. The highest BCUT2D eigenvalue weighted by Gasteiger charge is 2.61. The summed E-state index contributed by atoms with van der Waals surface area (Å²) >= 11 is 0. The van der Waals surface area contributed by atoms with Crippen molar-refractivity contribution in [2.45, 2.75) is 4.90 Å². The van der Waals surface area contributed by atoms with Crippen molar-refractivity contribution in [2.24, 2.45) is 0 Å². The van der Waals surface area contributed by atoms with E-state index in [1.165, 1.54) is 12.3 Å². The lowest BCUT2D eigenvalue weighted by atomic mass is 10.2. The van der Waals surface area contributed by atoms with Gasteiger partial charge in [-0.05, 0) is 6.07 Å². The number of aromatic nitrogens is 1. The van der Waals surface area contributed by atoms with Crippen molar-refractivity contribution in [2.75, 3.05) is 6.61 Å². The number of aliphatic hydroxyl groups excluding tert-OH is 1. The molecule has 17 heavy (non-hydrogen) atoms. The number of hydrogen-bond acceptors (Lipinski definition) is 4. The Kier molecular flexibility index (Phi) is 3.91. The largest absolute Gasteiger partial charge is 0.394 e. The van der Waals surface area contributed by atoms with Crippen molar-refractivity contribution in [1.82, 2.24) is 4.98 Å². The fourth-order valence-electron chi connectivity index (χ4n) is 1.38. The molecular formula is C7H11NO7P2. The summed E-state index contributed by atoms with van der Waals surface area (Å²) < 4.78 is 22.7. The molecule has 96 valence electrons. The van der Waals surface area contributed by atoms with Crippen molar-refractivity contribution in [3.8, 4) is 0 Å². The van der Waals surface area contributed by atoms with Crippen LogP contribution in [0.4, 0.5) is 0 Å². The molecule has 1 aromatic heterocycles. The summed E-state index contributed by atoms with van der Waals surface area (Å²) in [6.45, 7) is -1.40. The van der Waals surface area contributed by atoms with Crippen LogP contribution in [0, 0.1) is 0 Å². The van der Waals surface area contributed by atoms with E-state index in [-0.39, 0.29) is 0 Å². The molecule has 0 bridgehead atoms. The third-order valence-corrected chi connectivity index (χ3v) is 6.60. The van der Waals surface area contributed by atoms with Crippen LogP contribution in [-0.2, 0) is 14.0 Å². The number of rotatable bonds is 4. The molecule has 0 radical (unpaired) electrons. The molecule has 10 heteroatoms. The first-order valence-corrected chi connectivity index (χ1v) is 7.52. The van der Waals surface area contributed by atoms with E-state index in [9.17, 15) is 9.13 Å². The Labute approximate surface area is 96.3 Å². The van der Waals surface area contributed by atoms with Crippen molar-refractivity contribution in [3.63, 3.8) is 0 Å². The van der Waals surface area contributed by atoms with Gasteiger partial charge in [0.15, 0.2) is 0 Å². The van der Waals surface area contributed by atoms with Gasteiger partial charge < -0.3 is 24.7 Å². The minimum absolute atomic E-state index is 0.413. The molecule has 1 rings (SSSR count). The van der Waals surface area contributed by atoms with Crippen LogP contribution in [0.15, 0.2) is 24.5 Å². The molecule has 1 heterocycles. The Balaban J connectivity index is 3.62. The highest BCUT2D eigenvalue weighted by atomic mass is 31.2. The first-order chi connectivity index (χ1) is 7.67. The summed E-state index contributed by atoms with van der Waals surface area (Å²) in [5.41, 5.74) is -0.413. The number of pyridine rings is 1. The molecular weight excluding hydrogens is 272 g/mol. The van der Waals surface area contributed by atoms with Crippen LogP contribution < -0.4 is 0 Å². The van der Waals surface area contributed by atoms with E-state index < -0.39 is 32.3 Å². The maximum atomic E-state index is 11.3. The third-order valence-electron chi connectivity index (χ3n) is 2.31. The quantitative estimate of drug-likeness (QED) is 0.468. The van der Waals surface area contributed by atoms with Gasteiger partial charge in [0.05, 0.1) is 6.61 Å². The average Bonchev–Trinajstić information content (AvgIpc) is 2.16. The van der Waals surface area contributed by atoms with E-state index in [1.54, 1.807) is 0 Å². The van der Waals surface area contributed by atoms with Crippen LogP contribution in [0.5, 0.6) is 0 Å². The van der Waals surface area contributed by atoms with Crippen molar-refractivity contribution in [1.29, 1.82) is 0 Å². The molecule has 0 fully saturated rings. The highest BCUT2D eigenvalue weighted by molar-refractivity contribution is 7.71. The van der Waals surface area contributed by atoms with Gasteiger partial charge in [-0.1, -0.05) is 6.07 Å². The van der Waals surface area contributed by atoms with Crippen LogP contribution in [0.2, 0.25) is 0 Å². The fraction of sp³-hybridized carbons (Fsp3) is 0.286. The third kappa shape index (κ3) is 2.34. The van der Waals surface area contributed by atoms with Gasteiger partial charge in [-0.25, -0.2) is 0 Å². The maximum absolute atomic E-state index is 11.3. The van der Waals surface area contributed by atoms with Crippen LogP contribution in [-0.4, -0.2) is 36.3 Å². The van der Waals surface area contributed by atoms with Gasteiger partial charge in [-0.3, -0.25) is 14.1 Å². The summed E-state index contributed by atoms with van der Waals surface area (Å²) in [5.74, 6) is 0. The molecule has 0 aromatic carbocycles. The molecule has 5 N–H and O–H groups in total. The monoisotopic (exact) mass is 283 g/mol. The molecule has 0 atom stereocenters. The van der Waals surface area contributed by atoms with Crippen molar-refractivity contribution < 1.29 is 33.8 Å². The Bertz CT molecular complexity index is 456. The summed E-state index contributed by atoms with van der Waals surface area (Å²) in [6.07, 6.45) is 2.17. The van der Waals surface area contributed by atoms with Crippen LogP contribution in [0.25, 0.3) is 0 Å². The SMILES string of the molecule is O=P(O)(O)C(CO)(c1cccnc1)P(=O)(O)O. The minimum Gasteiger partial charge on any atom is -0.394 e. The van der Waals surface area contributed by atoms with Gasteiger partial charge in [-0.2, -0.15) is 0 Å². The van der Waals surface area contributed by atoms with Gasteiger partial charge in [-0.15, -0.1) is 0 Å². The second-order valence-electron chi connectivity index (χ2n) is 3.30. The van der Waals surface area contributed by atoms with E-state index in [0.29, 0.717) is 0 Å². The second-order valence-corrected chi connectivity index (χ2v) is 7.36. The van der Waals surface area contributed by atoms with Gasteiger partial charge in [0.25, 0.3) is 0 Å². The first kappa shape index (κ1) is 14.5. The lowest BCUT2D eigenvalue weighted by Gasteiger charge is -2.32. The highest BCUT2D eigenvalue weighted by Crippen LogP contribution is 2.74. The van der Waals surface area contributed by atoms with Crippen LogP contribution >= 0.6 is 15.2 Å². The summed E-state index contributed by atoms with van der Waals surface area (Å²) in [4.78, 5) is 37.2. The first-order valence-electron chi connectivity index (χ1n) is 4.29. The molecule has 8 nitrogen and oxygen atoms in total. The van der Waals surface area contributed by atoms with E-state index in [2.05, 4.69) is 4.98 Å². The molecule has 0 saturated carbocycles.